The number of nitrogens with one attached hydrogen (secondary N) is 1. The number of aromatic nitrogens is 2. The summed E-state index contributed by atoms with van der Waals surface area (Å²) < 4.78 is 7.01. The average molecular weight is 350 g/mol. The summed E-state index contributed by atoms with van der Waals surface area (Å²) in [4.78, 5) is 31.1. The van der Waals surface area contributed by atoms with E-state index in [9.17, 15) is 9.59 Å². The van der Waals surface area contributed by atoms with Gasteiger partial charge in [-0.3, -0.25) is 9.69 Å². The fourth-order valence-corrected chi connectivity index (χ4v) is 3.19. The number of amides is 3. The Morgan fingerprint density at radius 2 is 1.92 bits per heavy atom. The lowest BCUT2D eigenvalue weighted by atomic mass is 9.92. The monoisotopic (exact) mass is 350 g/mol. The van der Waals surface area contributed by atoms with E-state index in [1.165, 1.54) is 4.90 Å². The quantitative estimate of drug-likeness (QED) is 0.733. The fraction of sp³-hybridized carbons (Fsp3) is 0.211. The molecule has 26 heavy (non-hydrogen) atoms. The number of carbonyl (C=O) groups excluding carboxylic acids is 2. The number of hydrogen-bond acceptors (Lipinski definition) is 4. The zero-order valence-corrected chi connectivity index (χ0v) is 14.5. The van der Waals surface area contributed by atoms with Gasteiger partial charge in [0.15, 0.2) is 0 Å². The molecule has 1 fully saturated rings. The number of imide groups is 1. The highest BCUT2D eigenvalue weighted by Gasteiger charge is 2.49. The molecule has 7 nitrogen and oxygen atoms in total. The van der Waals surface area contributed by atoms with Crippen LogP contribution in [0.25, 0.3) is 5.65 Å². The molecule has 3 heterocycles. The summed E-state index contributed by atoms with van der Waals surface area (Å²) in [5.41, 5.74) is 1.02. The van der Waals surface area contributed by atoms with Crippen molar-refractivity contribution in [2.75, 3.05) is 7.11 Å². The third-order valence-corrected chi connectivity index (χ3v) is 4.68. The van der Waals surface area contributed by atoms with Crippen molar-refractivity contribution in [3.8, 4) is 5.75 Å². The molecule has 132 valence electrons. The van der Waals surface area contributed by atoms with Gasteiger partial charge in [-0.15, -0.1) is 0 Å². The first-order valence-corrected chi connectivity index (χ1v) is 8.22. The van der Waals surface area contributed by atoms with E-state index < -0.39 is 11.6 Å². The van der Waals surface area contributed by atoms with Crippen molar-refractivity contribution >= 4 is 17.6 Å². The molecule has 0 saturated carbocycles. The molecule has 0 bridgehead atoms. The first-order chi connectivity index (χ1) is 12.5. The average Bonchev–Trinajstić information content (AvgIpc) is 3.16. The summed E-state index contributed by atoms with van der Waals surface area (Å²) in [6.07, 6.45) is 3.69. The predicted molar refractivity (Wildman–Crippen MR) is 94.6 cm³/mol. The Bertz CT molecular complexity index is 962. The number of imidazole rings is 1. The highest BCUT2D eigenvalue weighted by atomic mass is 16.5. The SMILES string of the molecule is COc1ccc(C2(C)NC(=O)N(Cc3cn4ccccc4n3)C2=O)cc1. The highest BCUT2D eigenvalue weighted by Crippen LogP contribution is 2.30. The Hall–Kier alpha value is -3.35. The van der Waals surface area contributed by atoms with Gasteiger partial charge in [-0.1, -0.05) is 18.2 Å². The number of pyridine rings is 1. The molecule has 3 amide bonds. The summed E-state index contributed by atoms with van der Waals surface area (Å²) in [5, 5.41) is 2.80. The van der Waals surface area contributed by atoms with E-state index in [-0.39, 0.29) is 12.5 Å². The number of urea groups is 1. The second-order valence-corrected chi connectivity index (χ2v) is 6.37. The van der Waals surface area contributed by atoms with Crippen LogP contribution >= 0.6 is 0 Å². The van der Waals surface area contributed by atoms with Gasteiger partial charge in [0.2, 0.25) is 0 Å². The summed E-state index contributed by atoms with van der Waals surface area (Å²) >= 11 is 0. The standard InChI is InChI=1S/C19H18N4O3/c1-19(13-6-8-15(26-2)9-7-13)17(24)23(18(25)21-19)12-14-11-22-10-4-3-5-16(22)20-14/h3-11H,12H2,1-2H3,(H,21,25). The number of nitrogens with zero attached hydrogens (tertiary/aromatic N) is 3. The molecule has 1 aliphatic rings. The highest BCUT2D eigenvalue weighted by molar-refractivity contribution is 6.07. The van der Waals surface area contributed by atoms with E-state index >= 15 is 0 Å². The van der Waals surface area contributed by atoms with E-state index in [2.05, 4.69) is 10.3 Å². The van der Waals surface area contributed by atoms with Crippen LogP contribution in [-0.2, 0) is 16.9 Å². The maximum absolute atomic E-state index is 13.0. The third kappa shape index (κ3) is 2.48. The molecule has 1 aromatic carbocycles. The van der Waals surface area contributed by atoms with Crippen LogP contribution in [0.4, 0.5) is 4.79 Å². The van der Waals surface area contributed by atoms with Crippen LogP contribution in [0.3, 0.4) is 0 Å². The Kier molecular flexibility index (Phi) is 3.64. The van der Waals surface area contributed by atoms with Crippen molar-refractivity contribution in [1.29, 1.82) is 0 Å². The van der Waals surface area contributed by atoms with Crippen molar-refractivity contribution in [2.24, 2.45) is 0 Å². The fourth-order valence-electron chi connectivity index (χ4n) is 3.19. The van der Waals surface area contributed by atoms with Crippen LogP contribution in [-0.4, -0.2) is 33.3 Å². The lowest BCUT2D eigenvalue weighted by Gasteiger charge is -2.22. The van der Waals surface area contributed by atoms with Crippen molar-refractivity contribution in [3.05, 3.63) is 66.1 Å². The maximum atomic E-state index is 13.0. The van der Waals surface area contributed by atoms with Crippen molar-refractivity contribution in [3.63, 3.8) is 0 Å². The van der Waals surface area contributed by atoms with Crippen molar-refractivity contribution < 1.29 is 14.3 Å². The van der Waals surface area contributed by atoms with E-state index in [4.69, 9.17) is 4.74 Å². The van der Waals surface area contributed by atoms with E-state index in [1.54, 1.807) is 38.3 Å². The second-order valence-electron chi connectivity index (χ2n) is 6.37. The van der Waals surface area contributed by atoms with Gasteiger partial charge >= 0.3 is 6.03 Å². The van der Waals surface area contributed by atoms with E-state index in [0.29, 0.717) is 17.0 Å². The number of ether oxygens (including phenoxy) is 1. The summed E-state index contributed by atoms with van der Waals surface area (Å²) in [6, 6.07) is 12.3. The summed E-state index contributed by atoms with van der Waals surface area (Å²) in [7, 11) is 1.58. The van der Waals surface area contributed by atoms with Crippen LogP contribution in [0.1, 0.15) is 18.2 Å². The Morgan fingerprint density at radius 3 is 2.62 bits per heavy atom. The molecule has 7 heteroatoms. The van der Waals surface area contributed by atoms with Crippen molar-refractivity contribution in [2.45, 2.75) is 19.0 Å². The lowest BCUT2D eigenvalue weighted by molar-refractivity contribution is -0.131. The molecular formula is C19H18N4O3. The molecular weight excluding hydrogens is 332 g/mol. The number of benzene rings is 1. The lowest BCUT2D eigenvalue weighted by Crippen LogP contribution is -2.40. The number of hydrogen-bond donors (Lipinski definition) is 1. The molecule has 4 rings (SSSR count). The first kappa shape index (κ1) is 16.1. The van der Waals surface area contributed by atoms with Gasteiger partial charge in [-0.05, 0) is 36.8 Å². The van der Waals surface area contributed by atoms with Gasteiger partial charge in [0.05, 0.1) is 19.3 Å². The zero-order chi connectivity index (χ0) is 18.3. The van der Waals surface area contributed by atoms with Gasteiger partial charge in [-0.25, -0.2) is 9.78 Å². The molecule has 1 atom stereocenters. The van der Waals surface area contributed by atoms with Crippen LogP contribution in [0.15, 0.2) is 54.9 Å². The van der Waals surface area contributed by atoms with E-state index in [1.807, 2.05) is 35.0 Å². The molecule has 3 aromatic rings. The van der Waals surface area contributed by atoms with Gasteiger partial charge in [-0.2, -0.15) is 0 Å². The molecule has 1 aliphatic heterocycles. The number of fused-ring (bicyclic) bond motifs is 1. The first-order valence-electron chi connectivity index (χ1n) is 8.22. The molecule has 0 aliphatic carbocycles. The Labute approximate surface area is 150 Å². The topological polar surface area (TPSA) is 75.9 Å². The summed E-state index contributed by atoms with van der Waals surface area (Å²) in [6.45, 7) is 1.83. The molecule has 0 spiro atoms. The van der Waals surface area contributed by atoms with Gasteiger partial charge in [0.25, 0.3) is 5.91 Å². The minimum atomic E-state index is -1.11. The van der Waals surface area contributed by atoms with Gasteiger partial charge in [0.1, 0.15) is 16.9 Å². The van der Waals surface area contributed by atoms with Crippen LogP contribution in [0.2, 0.25) is 0 Å². The molecule has 1 saturated heterocycles. The van der Waals surface area contributed by atoms with E-state index in [0.717, 1.165) is 5.65 Å². The molecule has 0 radical (unpaired) electrons. The van der Waals surface area contributed by atoms with Gasteiger partial charge < -0.3 is 14.5 Å². The predicted octanol–water partition coefficient (Wildman–Crippen LogP) is 2.31. The van der Waals surface area contributed by atoms with Crippen LogP contribution in [0.5, 0.6) is 5.75 Å². The van der Waals surface area contributed by atoms with Crippen molar-refractivity contribution in [1.82, 2.24) is 19.6 Å². The van der Waals surface area contributed by atoms with Crippen LogP contribution in [0, 0.1) is 0 Å². The molecule has 2 aromatic heterocycles. The number of methoxy groups -OCH3 is 1. The number of rotatable bonds is 4. The normalized spacial score (nSPS) is 19.8. The Morgan fingerprint density at radius 1 is 1.15 bits per heavy atom. The molecule has 1 unspecified atom stereocenters. The largest absolute Gasteiger partial charge is 0.497 e. The third-order valence-electron chi connectivity index (χ3n) is 4.68. The second kappa shape index (κ2) is 5.87. The van der Waals surface area contributed by atoms with Gasteiger partial charge in [0, 0.05) is 12.4 Å². The van der Waals surface area contributed by atoms with Crippen LogP contribution < -0.4 is 10.1 Å². The Balaban J connectivity index is 1.61. The zero-order valence-electron chi connectivity index (χ0n) is 14.5. The summed E-state index contributed by atoms with van der Waals surface area (Å²) in [5.74, 6) is 0.389. The maximum Gasteiger partial charge on any atom is 0.325 e. The molecule has 1 N–H and O–H groups in total. The smallest absolute Gasteiger partial charge is 0.325 e. The number of carbonyl (C=O) groups is 2. The minimum absolute atomic E-state index is 0.123. The minimum Gasteiger partial charge on any atom is -0.497 e.